The number of hydrogen-bond acceptors (Lipinski definition) is 5. The number of nitrogens with zero attached hydrogens (tertiary/aromatic N) is 4. The van der Waals surface area contributed by atoms with Gasteiger partial charge in [0, 0.05) is 12.4 Å². The number of hydrogen-bond donors (Lipinski definition) is 1. The molecule has 7 nitrogen and oxygen atoms in total. The van der Waals surface area contributed by atoms with Crippen molar-refractivity contribution in [2.45, 2.75) is 11.4 Å². The van der Waals surface area contributed by atoms with Crippen LogP contribution < -0.4 is 4.31 Å². The highest BCUT2D eigenvalue weighted by Gasteiger charge is 2.26. The molecular formula is C16H13N5O2S. The lowest BCUT2D eigenvalue weighted by Crippen LogP contribution is -2.30. The Balaban J connectivity index is 2.06. The SMILES string of the molecule is N#Cc1cccc(S(=O)(=O)N(Cc2ccccn2)c2cn[nH]c2)c1. The summed E-state index contributed by atoms with van der Waals surface area (Å²) in [7, 11) is -3.87. The molecule has 0 bridgehead atoms. The number of benzene rings is 1. The van der Waals surface area contributed by atoms with Crippen molar-refractivity contribution >= 4 is 15.7 Å². The third-order valence-corrected chi connectivity index (χ3v) is 5.12. The van der Waals surface area contributed by atoms with Crippen molar-refractivity contribution in [3.8, 4) is 6.07 Å². The minimum absolute atomic E-state index is 0.0404. The average Bonchev–Trinajstić information content (AvgIpc) is 3.14. The first kappa shape index (κ1) is 15.7. The molecule has 24 heavy (non-hydrogen) atoms. The number of aromatic amines is 1. The number of H-pyrrole nitrogens is 1. The summed E-state index contributed by atoms with van der Waals surface area (Å²) >= 11 is 0. The molecule has 0 saturated carbocycles. The molecule has 120 valence electrons. The Morgan fingerprint density at radius 2 is 2.08 bits per heavy atom. The van der Waals surface area contributed by atoms with Crippen LogP contribution >= 0.6 is 0 Å². The molecule has 3 rings (SSSR count). The van der Waals surface area contributed by atoms with Crippen LogP contribution in [-0.2, 0) is 16.6 Å². The van der Waals surface area contributed by atoms with Gasteiger partial charge >= 0.3 is 0 Å². The van der Waals surface area contributed by atoms with Gasteiger partial charge in [0.1, 0.15) is 0 Å². The number of anilines is 1. The van der Waals surface area contributed by atoms with Crippen LogP contribution in [0.4, 0.5) is 5.69 Å². The zero-order valence-corrected chi connectivity index (χ0v) is 13.3. The third kappa shape index (κ3) is 3.11. The van der Waals surface area contributed by atoms with E-state index in [-0.39, 0.29) is 17.0 Å². The quantitative estimate of drug-likeness (QED) is 0.766. The summed E-state index contributed by atoms with van der Waals surface area (Å²) in [5.41, 5.74) is 1.27. The van der Waals surface area contributed by atoms with Crippen molar-refractivity contribution in [3.63, 3.8) is 0 Å². The van der Waals surface area contributed by atoms with Gasteiger partial charge in [0.2, 0.25) is 0 Å². The van der Waals surface area contributed by atoms with Gasteiger partial charge < -0.3 is 0 Å². The maximum atomic E-state index is 13.1. The van der Waals surface area contributed by atoms with Crippen LogP contribution in [0, 0.1) is 11.3 Å². The zero-order chi connectivity index (χ0) is 17.0. The topological polar surface area (TPSA) is 103 Å². The smallest absolute Gasteiger partial charge is 0.264 e. The van der Waals surface area contributed by atoms with E-state index < -0.39 is 10.0 Å². The van der Waals surface area contributed by atoms with E-state index in [1.54, 1.807) is 36.5 Å². The molecule has 8 heteroatoms. The summed E-state index contributed by atoms with van der Waals surface area (Å²) in [5, 5.41) is 15.4. The molecule has 2 aromatic heterocycles. The molecule has 0 radical (unpaired) electrons. The summed E-state index contributed by atoms with van der Waals surface area (Å²) in [6.45, 7) is 0.0550. The van der Waals surface area contributed by atoms with Crippen LogP contribution in [0.2, 0.25) is 0 Å². The molecule has 0 saturated heterocycles. The van der Waals surface area contributed by atoms with Gasteiger partial charge in [0.15, 0.2) is 0 Å². The fraction of sp³-hybridized carbons (Fsp3) is 0.0625. The highest BCUT2D eigenvalue weighted by molar-refractivity contribution is 7.92. The van der Waals surface area contributed by atoms with Crippen LogP contribution in [0.25, 0.3) is 0 Å². The van der Waals surface area contributed by atoms with Gasteiger partial charge in [-0.05, 0) is 30.3 Å². The minimum atomic E-state index is -3.87. The first-order valence-electron chi connectivity index (χ1n) is 7.03. The largest absolute Gasteiger partial charge is 0.284 e. The van der Waals surface area contributed by atoms with Crippen LogP contribution in [-0.4, -0.2) is 23.6 Å². The van der Waals surface area contributed by atoms with Gasteiger partial charge in [-0.15, -0.1) is 0 Å². The van der Waals surface area contributed by atoms with E-state index in [9.17, 15) is 8.42 Å². The normalized spacial score (nSPS) is 11.0. The standard InChI is InChI=1S/C16H13N5O2S/c17-9-13-4-3-6-16(8-13)24(22,23)21(15-10-19-20-11-15)12-14-5-1-2-7-18-14/h1-8,10-11H,12H2,(H,19,20). The van der Waals surface area contributed by atoms with Crippen LogP contribution in [0.15, 0.2) is 66.0 Å². The maximum Gasteiger partial charge on any atom is 0.264 e. The number of nitriles is 1. The van der Waals surface area contributed by atoms with Crippen molar-refractivity contribution in [1.29, 1.82) is 5.26 Å². The zero-order valence-electron chi connectivity index (χ0n) is 12.5. The van der Waals surface area contributed by atoms with E-state index in [4.69, 9.17) is 5.26 Å². The number of sulfonamides is 1. The van der Waals surface area contributed by atoms with Gasteiger partial charge in [-0.2, -0.15) is 10.4 Å². The van der Waals surface area contributed by atoms with Crippen LogP contribution in [0.1, 0.15) is 11.3 Å². The van der Waals surface area contributed by atoms with Gasteiger partial charge in [0.25, 0.3) is 10.0 Å². The summed E-state index contributed by atoms with van der Waals surface area (Å²) < 4.78 is 27.3. The molecule has 3 aromatic rings. The molecule has 2 heterocycles. The summed E-state index contributed by atoms with van der Waals surface area (Å²) in [4.78, 5) is 4.22. The van der Waals surface area contributed by atoms with Gasteiger partial charge in [-0.3, -0.25) is 14.4 Å². The van der Waals surface area contributed by atoms with E-state index in [0.717, 1.165) is 0 Å². The Bertz CT molecular complexity index is 963. The second kappa shape index (κ2) is 6.52. The lowest BCUT2D eigenvalue weighted by molar-refractivity contribution is 0.590. The molecule has 0 atom stereocenters. The number of nitrogens with one attached hydrogen (secondary N) is 1. The van der Waals surface area contributed by atoms with Crippen molar-refractivity contribution in [2.75, 3.05) is 4.31 Å². The van der Waals surface area contributed by atoms with Crippen LogP contribution in [0.5, 0.6) is 0 Å². The van der Waals surface area contributed by atoms with Crippen molar-refractivity contribution in [1.82, 2.24) is 15.2 Å². The Labute approximate surface area is 139 Å². The predicted molar refractivity (Wildman–Crippen MR) is 87.4 cm³/mol. The second-order valence-electron chi connectivity index (χ2n) is 4.93. The molecule has 0 aliphatic rings. The molecule has 0 unspecified atom stereocenters. The fourth-order valence-electron chi connectivity index (χ4n) is 2.19. The Morgan fingerprint density at radius 3 is 2.75 bits per heavy atom. The minimum Gasteiger partial charge on any atom is -0.284 e. The van der Waals surface area contributed by atoms with Gasteiger partial charge in [-0.25, -0.2) is 8.42 Å². The first-order chi connectivity index (χ1) is 11.6. The number of aromatic nitrogens is 3. The van der Waals surface area contributed by atoms with E-state index in [1.165, 1.54) is 28.8 Å². The van der Waals surface area contributed by atoms with Crippen LogP contribution in [0.3, 0.4) is 0 Å². The molecule has 0 fully saturated rings. The number of pyridine rings is 1. The molecule has 0 spiro atoms. The molecule has 1 aromatic carbocycles. The summed E-state index contributed by atoms with van der Waals surface area (Å²) in [6.07, 6.45) is 4.52. The molecule has 0 aliphatic heterocycles. The van der Waals surface area contributed by atoms with Crippen molar-refractivity contribution in [2.24, 2.45) is 0 Å². The monoisotopic (exact) mass is 339 g/mol. The molecule has 0 amide bonds. The van der Waals surface area contributed by atoms with E-state index >= 15 is 0 Å². The molecule has 1 N–H and O–H groups in total. The maximum absolute atomic E-state index is 13.1. The average molecular weight is 339 g/mol. The highest BCUT2D eigenvalue weighted by atomic mass is 32.2. The Kier molecular flexibility index (Phi) is 4.26. The van der Waals surface area contributed by atoms with E-state index in [0.29, 0.717) is 11.4 Å². The lowest BCUT2D eigenvalue weighted by atomic mass is 10.2. The van der Waals surface area contributed by atoms with Gasteiger partial charge in [0.05, 0.1) is 40.7 Å². The number of rotatable bonds is 5. The first-order valence-corrected chi connectivity index (χ1v) is 8.47. The highest BCUT2D eigenvalue weighted by Crippen LogP contribution is 2.25. The fourth-order valence-corrected chi connectivity index (χ4v) is 3.65. The molecular weight excluding hydrogens is 326 g/mol. The van der Waals surface area contributed by atoms with Gasteiger partial charge in [-0.1, -0.05) is 12.1 Å². The second-order valence-corrected chi connectivity index (χ2v) is 6.79. The Morgan fingerprint density at radius 1 is 1.21 bits per heavy atom. The van der Waals surface area contributed by atoms with Crippen molar-refractivity contribution < 1.29 is 8.42 Å². The van der Waals surface area contributed by atoms with E-state index in [1.807, 2.05) is 6.07 Å². The third-order valence-electron chi connectivity index (χ3n) is 3.35. The summed E-state index contributed by atoms with van der Waals surface area (Å²) in [6, 6.07) is 13.1. The predicted octanol–water partition coefficient (Wildman–Crippen LogP) is 2.07. The van der Waals surface area contributed by atoms with E-state index in [2.05, 4.69) is 15.2 Å². The van der Waals surface area contributed by atoms with Crippen molar-refractivity contribution in [3.05, 3.63) is 72.3 Å². The lowest BCUT2D eigenvalue weighted by Gasteiger charge is -2.22. The summed E-state index contributed by atoms with van der Waals surface area (Å²) in [5.74, 6) is 0. The Hall–Kier alpha value is -3.18. The molecule has 0 aliphatic carbocycles.